The van der Waals surface area contributed by atoms with Gasteiger partial charge in [-0.1, -0.05) is 23.7 Å². The second kappa shape index (κ2) is 11.4. The molecule has 1 aromatic heterocycles. The van der Waals surface area contributed by atoms with Crippen molar-refractivity contribution in [3.63, 3.8) is 0 Å². The monoisotopic (exact) mass is 471 g/mol. The van der Waals surface area contributed by atoms with E-state index >= 15 is 0 Å². The maximum absolute atomic E-state index is 12.8. The lowest BCUT2D eigenvalue weighted by Gasteiger charge is -2.32. The molecule has 178 valence electrons. The van der Waals surface area contributed by atoms with Gasteiger partial charge in [0, 0.05) is 49.2 Å². The van der Waals surface area contributed by atoms with Gasteiger partial charge in [0.15, 0.2) is 0 Å². The Labute approximate surface area is 201 Å². The molecule has 1 aromatic carbocycles. The van der Waals surface area contributed by atoms with Gasteiger partial charge >= 0.3 is 0 Å². The maximum Gasteiger partial charge on any atom is 0.145 e. The Balaban J connectivity index is 1.43. The van der Waals surface area contributed by atoms with Gasteiger partial charge in [-0.25, -0.2) is 0 Å². The van der Waals surface area contributed by atoms with E-state index in [-0.39, 0.29) is 18.1 Å². The summed E-state index contributed by atoms with van der Waals surface area (Å²) in [5.41, 5.74) is 3.69. The van der Waals surface area contributed by atoms with E-state index in [2.05, 4.69) is 41.6 Å². The summed E-state index contributed by atoms with van der Waals surface area (Å²) in [6.45, 7) is 7.76. The van der Waals surface area contributed by atoms with E-state index in [9.17, 15) is 4.79 Å². The summed E-state index contributed by atoms with van der Waals surface area (Å²) in [6.07, 6.45) is 4.69. The van der Waals surface area contributed by atoms with Gasteiger partial charge in [0.25, 0.3) is 0 Å². The zero-order valence-corrected chi connectivity index (χ0v) is 20.2. The molecule has 0 saturated carbocycles. The third-order valence-corrected chi connectivity index (χ3v) is 6.72. The molecule has 0 aliphatic carbocycles. The molecule has 0 bridgehead atoms. The molecule has 2 fully saturated rings. The molecule has 2 saturated heterocycles. The average molecular weight is 472 g/mol. The SMILES string of the molecule is C[C@@H]1CC(CNc2cccc(-c3cc(CC(=O)[C@H]4CNCCOC4)ncc3Cl)c2)C[C@H](C)O1. The number of nitrogens with zero attached hydrogens (tertiary/aromatic N) is 1. The summed E-state index contributed by atoms with van der Waals surface area (Å²) in [5.74, 6) is 0.592. The fourth-order valence-corrected chi connectivity index (χ4v) is 5.02. The second-order valence-electron chi connectivity index (χ2n) is 9.33. The Morgan fingerprint density at radius 1 is 1.24 bits per heavy atom. The topological polar surface area (TPSA) is 72.5 Å². The van der Waals surface area contributed by atoms with Crippen LogP contribution in [0.15, 0.2) is 36.5 Å². The molecule has 4 atom stereocenters. The summed E-state index contributed by atoms with van der Waals surface area (Å²) in [7, 11) is 0. The Bertz CT molecular complexity index is 936. The number of hydrogen-bond acceptors (Lipinski definition) is 6. The normalized spacial score (nSPS) is 25.9. The van der Waals surface area contributed by atoms with E-state index in [1.54, 1.807) is 6.20 Å². The quantitative estimate of drug-likeness (QED) is 0.625. The molecule has 7 heteroatoms. The minimum atomic E-state index is -0.142. The summed E-state index contributed by atoms with van der Waals surface area (Å²) < 4.78 is 11.4. The van der Waals surface area contributed by atoms with Crippen molar-refractivity contribution in [2.24, 2.45) is 11.8 Å². The first kappa shape index (κ1) is 24.1. The van der Waals surface area contributed by atoms with Crippen LogP contribution in [0, 0.1) is 11.8 Å². The van der Waals surface area contributed by atoms with Crippen molar-refractivity contribution in [2.45, 2.75) is 45.3 Å². The van der Waals surface area contributed by atoms with Gasteiger partial charge in [-0.15, -0.1) is 0 Å². The number of aromatic nitrogens is 1. The van der Waals surface area contributed by atoms with Gasteiger partial charge in [-0.2, -0.15) is 0 Å². The molecule has 4 rings (SSSR count). The van der Waals surface area contributed by atoms with E-state index in [0.717, 1.165) is 48.4 Å². The Morgan fingerprint density at radius 2 is 2.06 bits per heavy atom. The van der Waals surface area contributed by atoms with E-state index in [0.29, 0.717) is 42.9 Å². The highest BCUT2D eigenvalue weighted by Crippen LogP contribution is 2.31. The summed E-state index contributed by atoms with van der Waals surface area (Å²) >= 11 is 6.51. The van der Waals surface area contributed by atoms with E-state index in [4.69, 9.17) is 21.1 Å². The van der Waals surface area contributed by atoms with Crippen molar-refractivity contribution >= 4 is 23.1 Å². The number of nitrogens with one attached hydrogen (secondary N) is 2. The molecule has 2 aliphatic rings. The number of benzene rings is 1. The predicted molar refractivity (Wildman–Crippen MR) is 132 cm³/mol. The van der Waals surface area contributed by atoms with Crippen LogP contribution in [0.4, 0.5) is 5.69 Å². The molecule has 0 radical (unpaired) electrons. The van der Waals surface area contributed by atoms with Crippen molar-refractivity contribution in [2.75, 3.05) is 38.2 Å². The highest BCUT2D eigenvalue weighted by atomic mass is 35.5. The highest BCUT2D eigenvalue weighted by Gasteiger charge is 2.24. The van der Waals surface area contributed by atoms with Crippen LogP contribution in [0.3, 0.4) is 0 Å². The Kier molecular flexibility index (Phi) is 8.36. The van der Waals surface area contributed by atoms with Crippen LogP contribution in [0.1, 0.15) is 32.4 Å². The van der Waals surface area contributed by atoms with E-state index in [1.165, 1.54) is 0 Å². The smallest absolute Gasteiger partial charge is 0.145 e. The van der Waals surface area contributed by atoms with Crippen LogP contribution in [0.25, 0.3) is 11.1 Å². The van der Waals surface area contributed by atoms with Gasteiger partial charge < -0.3 is 20.1 Å². The molecule has 0 amide bonds. The number of rotatable bonds is 7. The number of ketones is 1. The second-order valence-corrected chi connectivity index (χ2v) is 9.74. The standard InChI is InChI=1S/C26H34ClN3O3/c1-17-8-19(9-18(2)33-17)13-29-22-5-3-4-20(10-22)24-11-23(30-15-25(24)27)12-26(31)21-14-28-6-7-32-16-21/h3-5,10-11,15,17-19,21,28-29H,6-9,12-14,16H2,1-2H3/t17-,18+,19?,21-/m0/s1. The number of Topliss-reactive ketones (excluding diaryl/α,β-unsaturated/α-hetero) is 1. The number of anilines is 1. The molecule has 2 aliphatic heterocycles. The lowest BCUT2D eigenvalue weighted by Crippen LogP contribution is -2.32. The molecule has 33 heavy (non-hydrogen) atoms. The van der Waals surface area contributed by atoms with Crippen LogP contribution in [0.2, 0.25) is 5.02 Å². The van der Waals surface area contributed by atoms with Crippen molar-refractivity contribution in [1.82, 2.24) is 10.3 Å². The average Bonchev–Trinajstić information content (AvgIpc) is 3.08. The first-order valence-corrected chi connectivity index (χ1v) is 12.3. The molecular weight excluding hydrogens is 438 g/mol. The third kappa shape index (κ3) is 6.76. The fraction of sp³-hybridized carbons (Fsp3) is 0.538. The van der Waals surface area contributed by atoms with Gasteiger partial charge in [-0.05, 0) is 56.4 Å². The highest BCUT2D eigenvalue weighted by molar-refractivity contribution is 6.33. The molecule has 2 N–H and O–H groups in total. The molecule has 2 aromatic rings. The van der Waals surface area contributed by atoms with Gasteiger partial charge in [0.1, 0.15) is 5.78 Å². The van der Waals surface area contributed by atoms with Crippen LogP contribution >= 0.6 is 11.6 Å². The zero-order valence-electron chi connectivity index (χ0n) is 19.5. The number of carbonyl (C=O) groups excluding carboxylic acids is 1. The van der Waals surface area contributed by atoms with E-state index < -0.39 is 0 Å². The van der Waals surface area contributed by atoms with Crippen molar-refractivity contribution < 1.29 is 14.3 Å². The first-order valence-electron chi connectivity index (χ1n) is 11.9. The molecule has 3 heterocycles. The lowest BCUT2D eigenvalue weighted by molar-refractivity contribution is -0.123. The zero-order chi connectivity index (χ0) is 23.2. The molecule has 0 spiro atoms. The summed E-state index contributed by atoms with van der Waals surface area (Å²) in [5, 5.41) is 7.43. The van der Waals surface area contributed by atoms with Gasteiger partial charge in [0.05, 0.1) is 36.4 Å². The lowest BCUT2D eigenvalue weighted by atomic mass is 9.92. The minimum absolute atomic E-state index is 0.139. The molecular formula is C26H34ClN3O3. The van der Waals surface area contributed by atoms with Crippen molar-refractivity contribution in [1.29, 1.82) is 0 Å². The Hall–Kier alpha value is -1.99. The number of pyridine rings is 1. The summed E-state index contributed by atoms with van der Waals surface area (Å²) in [6, 6.07) is 10.2. The van der Waals surface area contributed by atoms with Crippen molar-refractivity contribution in [3.05, 3.63) is 47.2 Å². The van der Waals surface area contributed by atoms with Gasteiger partial charge in [0.2, 0.25) is 0 Å². The minimum Gasteiger partial charge on any atom is -0.385 e. The van der Waals surface area contributed by atoms with Crippen molar-refractivity contribution in [3.8, 4) is 11.1 Å². The Morgan fingerprint density at radius 3 is 2.88 bits per heavy atom. The van der Waals surface area contributed by atoms with Crippen LogP contribution in [-0.2, 0) is 20.7 Å². The fourth-order valence-electron chi connectivity index (χ4n) is 4.80. The van der Waals surface area contributed by atoms with Crippen LogP contribution in [-0.4, -0.2) is 55.8 Å². The predicted octanol–water partition coefficient (Wildman–Crippen LogP) is 4.37. The number of carbonyl (C=O) groups is 1. The molecule has 6 nitrogen and oxygen atoms in total. The van der Waals surface area contributed by atoms with Gasteiger partial charge in [-0.3, -0.25) is 9.78 Å². The van der Waals surface area contributed by atoms with E-state index in [1.807, 2.05) is 18.2 Å². The number of halogens is 1. The first-order chi connectivity index (χ1) is 16.0. The number of hydrogen-bond donors (Lipinski definition) is 2. The summed E-state index contributed by atoms with van der Waals surface area (Å²) in [4.78, 5) is 17.2. The number of ether oxygens (including phenoxy) is 2. The van der Waals surface area contributed by atoms with Crippen LogP contribution in [0.5, 0.6) is 0 Å². The third-order valence-electron chi connectivity index (χ3n) is 6.42. The largest absolute Gasteiger partial charge is 0.385 e. The van der Waals surface area contributed by atoms with Crippen LogP contribution < -0.4 is 10.6 Å². The maximum atomic E-state index is 12.8. The molecule has 1 unspecified atom stereocenters.